The van der Waals surface area contributed by atoms with E-state index in [1.165, 1.54) is 102 Å². The minimum atomic E-state index is -3.02. The lowest BCUT2D eigenvalue weighted by atomic mass is 9.52. The van der Waals surface area contributed by atoms with Gasteiger partial charge in [-0.15, -0.1) is 0 Å². The number of nitrogens with one attached hydrogen (secondary N) is 2. The van der Waals surface area contributed by atoms with Crippen molar-refractivity contribution in [2.24, 2.45) is 45.5 Å². The smallest absolute Gasteiger partial charge is 0.238 e. The highest BCUT2D eigenvalue weighted by molar-refractivity contribution is 6.27. The molecule has 6 aliphatic rings. The van der Waals surface area contributed by atoms with Gasteiger partial charge in [0.25, 0.3) is 0 Å². The van der Waals surface area contributed by atoms with E-state index in [0.717, 1.165) is 0 Å². The average Bonchev–Trinajstić information content (AvgIpc) is 3.30. The van der Waals surface area contributed by atoms with E-state index < -0.39 is 151 Å². The van der Waals surface area contributed by atoms with Gasteiger partial charge in [-0.2, -0.15) is 0 Å². The number of ketones is 4. The van der Waals surface area contributed by atoms with Crippen molar-refractivity contribution in [2.75, 3.05) is 42.3 Å². The zero-order chi connectivity index (χ0) is 53.2. The second kappa shape index (κ2) is 17.8. The number of Topliss-reactive ketones (excluding diaryl/α,β-unsaturated/α-hetero) is 4. The van der Waals surface area contributed by atoms with Gasteiger partial charge in [-0.05, 0) is 78.1 Å². The summed E-state index contributed by atoms with van der Waals surface area (Å²) >= 11 is 0. The van der Waals surface area contributed by atoms with Crippen LogP contribution in [0, 0.1) is 35.5 Å². The molecule has 0 aliphatic heterocycles. The Balaban J connectivity index is 1.01. The Morgan fingerprint density at radius 1 is 0.611 bits per heavy atom. The number of aliphatic hydroxyl groups is 8. The SMILES string of the molecule is CN=C(CCC(=NC)NC(=O)C1C(=O)C2(O)C(=O)C3=C(O)c4c(O)cccc4C(C)(O)C3CC2C(N(C)C)C1O)NC(=O)C1C(=O)C2(O)C(=O)C3=C(O)c4c(O)cccc4C(C)(O)C3CC2C(N(C)C)C1O. The molecular weight excluding hydrogens is 941 g/mol. The van der Waals surface area contributed by atoms with Crippen LogP contribution in [0.2, 0.25) is 0 Å². The molecule has 2 aromatic rings. The molecule has 0 aromatic heterocycles. The zero-order valence-corrected chi connectivity index (χ0v) is 40.8. The number of benzene rings is 2. The van der Waals surface area contributed by atoms with Gasteiger partial charge in [0.1, 0.15) is 46.5 Å². The summed E-state index contributed by atoms with van der Waals surface area (Å²) in [6.45, 7) is 2.73. The highest BCUT2D eigenvalue weighted by Crippen LogP contribution is 2.59. The van der Waals surface area contributed by atoms with Crippen molar-refractivity contribution in [3.63, 3.8) is 0 Å². The maximum Gasteiger partial charge on any atom is 0.238 e. The van der Waals surface area contributed by atoms with Gasteiger partial charge in [-0.1, -0.05) is 24.3 Å². The molecule has 4 saturated carbocycles. The van der Waals surface area contributed by atoms with Crippen molar-refractivity contribution in [1.29, 1.82) is 0 Å². The van der Waals surface area contributed by atoms with Crippen LogP contribution in [0.4, 0.5) is 0 Å². The Hall–Kier alpha value is -6.24. The van der Waals surface area contributed by atoms with Gasteiger partial charge in [0, 0.05) is 73.8 Å². The number of amides is 2. The van der Waals surface area contributed by atoms with Crippen LogP contribution < -0.4 is 10.6 Å². The topological polar surface area (TPSA) is 360 Å². The van der Waals surface area contributed by atoms with Crippen molar-refractivity contribution in [3.05, 3.63) is 69.8 Å². The van der Waals surface area contributed by atoms with Crippen LogP contribution in [0.15, 0.2) is 57.5 Å². The monoisotopic (exact) mass is 1000 g/mol. The summed E-state index contributed by atoms with van der Waals surface area (Å²) in [4.78, 5) is 97.4. The van der Waals surface area contributed by atoms with Gasteiger partial charge in [0.15, 0.2) is 22.8 Å². The molecule has 72 heavy (non-hydrogen) atoms. The summed E-state index contributed by atoms with van der Waals surface area (Å²) < 4.78 is 0. The van der Waals surface area contributed by atoms with E-state index in [0.29, 0.717) is 0 Å². The molecular formula is C50H60N6O16. The van der Waals surface area contributed by atoms with Crippen molar-refractivity contribution < 1.29 is 79.8 Å². The van der Waals surface area contributed by atoms with Gasteiger partial charge < -0.3 is 71.5 Å². The average molecular weight is 1000 g/mol. The van der Waals surface area contributed by atoms with Crippen molar-refractivity contribution in [2.45, 2.75) is 86.2 Å². The molecule has 386 valence electrons. The molecule has 14 unspecified atom stereocenters. The lowest BCUT2D eigenvalue weighted by molar-refractivity contribution is -0.189. The number of aliphatic hydroxyl groups excluding tert-OH is 4. The Bertz CT molecular complexity index is 2660. The van der Waals surface area contributed by atoms with Crippen LogP contribution in [-0.2, 0) is 40.0 Å². The molecule has 22 nitrogen and oxygen atoms in total. The molecule has 2 amide bonds. The third kappa shape index (κ3) is 7.20. The molecule has 0 heterocycles. The molecule has 4 fully saturated rings. The number of aromatic hydroxyl groups is 2. The van der Waals surface area contributed by atoms with Gasteiger partial charge >= 0.3 is 0 Å². The first-order valence-electron chi connectivity index (χ1n) is 23.4. The number of carbonyl (C=O) groups is 6. The maximum absolute atomic E-state index is 14.5. The Morgan fingerprint density at radius 2 is 0.944 bits per heavy atom. The normalized spacial score (nSPS) is 36.6. The fourth-order valence-electron chi connectivity index (χ4n) is 12.8. The molecule has 2 aromatic carbocycles. The predicted octanol–water partition coefficient (Wildman–Crippen LogP) is -1.30. The lowest BCUT2D eigenvalue weighted by Crippen LogP contribution is -2.74. The number of fused-ring (bicyclic) bond motifs is 6. The van der Waals surface area contributed by atoms with Crippen LogP contribution in [-0.4, -0.2) is 185 Å². The first-order chi connectivity index (χ1) is 33.6. The number of aliphatic imine (C=N–C) groups is 2. The van der Waals surface area contributed by atoms with Crippen LogP contribution in [0.1, 0.15) is 61.8 Å². The zero-order valence-electron chi connectivity index (χ0n) is 40.8. The first-order valence-corrected chi connectivity index (χ1v) is 23.4. The number of phenolic OH excluding ortho intramolecular Hbond substituents is 2. The highest BCUT2D eigenvalue weighted by atomic mass is 16.3. The Labute approximate surface area is 412 Å². The van der Waals surface area contributed by atoms with Gasteiger partial charge in [0.05, 0.1) is 34.5 Å². The van der Waals surface area contributed by atoms with Gasteiger partial charge in [0.2, 0.25) is 23.4 Å². The number of nitrogens with zero attached hydrogens (tertiary/aromatic N) is 4. The molecule has 0 spiro atoms. The number of rotatable bonds is 7. The minimum Gasteiger partial charge on any atom is -0.507 e. The minimum absolute atomic E-state index is 0.0882. The number of phenols is 2. The van der Waals surface area contributed by atoms with Crippen LogP contribution in [0.5, 0.6) is 11.5 Å². The lowest BCUT2D eigenvalue weighted by Gasteiger charge is -2.55. The molecule has 0 radical (unpaired) electrons. The number of hydrogen-bond acceptors (Lipinski definition) is 20. The summed E-state index contributed by atoms with van der Waals surface area (Å²) in [5.41, 5.74) is -11.3. The maximum atomic E-state index is 14.5. The summed E-state index contributed by atoms with van der Waals surface area (Å²) in [6.07, 6.45) is -4.86. The van der Waals surface area contributed by atoms with E-state index in [1.807, 2.05) is 0 Å². The van der Waals surface area contributed by atoms with Crippen LogP contribution in [0.3, 0.4) is 0 Å². The molecule has 8 rings (SSSR count). The van der Waals surface area contributed by atoms with Gasteiger partial charge in [-0.25, -0.2) is 0 Å². The second-order valence-corrected chi connectivity index (χ2v) is 20.6. The first kappa shape index (κ1) is 52.1. The second-order valence-electron chi connectivity index (χ2n) is 20.6. The van der Waals surface area contributed by atoms with Crippen molar-refractivity contribution in [1.82, 2.24) is 20.4 Å². The third-order valence-electron chi connectivity index (χ3n) is 16.4. The Morgan fingerprint density at radius 3 is 1.25 bits per heavy atom. The largest absolute Gasteiger partial charge is 0.507 e. The molecule has 6 aliphatic carbocycles. The molecule has 22 heteroatoms. The van der Waals surface area contributed by atoms with E-state index >= 15 is 0 Å². The Kier molecular flexibility index (Phi) is 12.8. The van der Waals surface area contributed by atoms with E-state index in [9.17, 15) is 79.8 Å². The number of likely N-dealkylation sites (N-methyl/N-ethyl adjacent to an activating group) is 2. The van der Waals surface area contributed by atoms with Crippen molar-refractivity contribution in [3.8, 4) is 11.5 Å². The summed E-state index contributed by atoms with van der Waals surface area (Å²) in [7, 11) is 8.52. The predicted molar refractivity (Wildman–Crippen MR) is 254 cm³/mol. The quantitative estimate of drug-likeness (QED) is 0.0871. The van der Waals surface area contributed by atoms with Crippen LogP contribution in [0.25, 0.3) is 11.5 Å². The summed E-state index contributed by atoms with van der Waals surface area (Å²) in [5, 5.41) is 121. The third-order valence-corrected chi connectivity index (χ3v) is 16.4. The molecule has 14 atom stereocenters. The fourth-order valence-corrected chi connectivity index (χ4v) is 12.8. The standard InChI is InChI=1S/C50H60N6O16/c1-47(69)19-11-9-13-25(57)29(19)37(59)31-21(47)17-23-35(55(5)6)39(61)33(43(65)49(23,71)41(31)63)45(67)53-27(51-3)15-16-28(52-4)54-46(68)34-40(62)36(56(7)8)24-18-22-32(42(64)50(24,72)44(34)66)38(60)30-20(48(22,2)70)12-10-14-26(30)58/h9-14,21-24,33-36,39-40,57-62,69-72H,15-18H2,1-8H3,(H,51,53,67)(H,52,54,68). The number of carbonyl (C=O) groups excluding carboxylic acids is 6. The number of hydrogen-bond donors (Lipinski definition) is 12. The molecule has 12 N–H and O–H groups in total. The van der Waals surface area contributed by atoms with Gasteiger partial charge in [-0.3, -0.25) is 38.8 Å². The van der Waals surface area contributed by atoms with Crippen molar-refractivity contribution >= 4 is 58.1 Å². The molecule has 0 saturated heterocycles. The highest BCUT2D eigenvalue weighted by Gasteiger charge is 2.71. The van der Waals surface area contributed by atoms with E-state index in [2.05, 4.69) is 20.6 Å². The summed E-state index contributed by atoms with van der Waals surface area (Å²) in [5.74, 6) is -20.1. The molecule has 0 bridgehead atoms. The van der Waals surface area contributed by atoms with Crippen LogP contribution >= 0.6 is 0 Å². The fraction of sp³-hybridized carbons (Fsp3) is 0.520. The summed E-state index contributed by atoms with van der Waals surface area (Å²) in [6, 6.07) is 5.69. The van der Waals surface area contributed by atoms with E-state index in [-0.39, 0.29) is 59.6 Å². The van der Waals surface area contributed by atoms with E-state index in [1.54, 1.807) is 0 Å². The number of amidine groups is 2. The van der Waals surface area contributed by atoms with E-state index in [4.69, 9.17) is 0 Å².